The topological polar surface area (TPSA) is 0 Å². The van der Waals surface area contributed by atoms with E-state index in [9.17, 15) is 0 Å². The summed E-state index contributed by atoms with van der Waals surface area (Å²) in [5.74, 6) is 0. The van der Waals surface area contributed by atoms with Crippen LogP contribution < -0.4 is 18.9 Å². The summed E-state index contributed by atoms with van der Waals surface area (Å²) < 4.78 is 0. The quantitative estimate of drug-likeness (QED) is 0.347. The number of hydrogen-bond acceptors (Lipinski definition) is 1. The van der Waals surface area contributed by atoms with Crippen molar-refractivity contribution in [1.29, 1.82) is 0 Å². The molecule has 0 aliphatic carbocycles. The molecule has 0 atom stereocenters. The fourth-order valence-electron chi connectivity index (χ4n) is 0.435. The van der Waals surface area contributed by atoms with Gasteiger partial charge in [0.15, 0.2) is 0 Å². The van der Waals surface area contributed by atoms with Crippen molar-refractivity contribution < 1.29 is 18.9 Å². The van der Waals surface area contributed by atoms with E-state index in [1.54, 1.807) is 24.3 Å². The predicted octanol–water partition coefficient (Wildman–Crippen LogP) is -0.750. The maximum Gasteiger partial charge on any atom is 1.00 e. The molecule has 0 spiro atoms. The van der Waals surface area contributed by atoms with Crippen molar-refractivity contribution in [3.05, 3.63) is 29.3 Å². The summed E-state index contributed by atoms with van der Waals surface area (Å²) in [6.07, 6.45) is 0. The van der Waals surface area contributed by atoms with E-state index >= 15 is 0 Å². The molecule has 42 valence electrons. The van der Waals surface area contributed by atoms with E-state index in [-0.39, 0.29) is 18.9 Å². The standard InChI is InChI=1S/C6H5ClS.Li/c7-5-1-3-6(8)4-2-5;/h1-4,8H;/q;+1/p-1. The molecule has 0 nitrogen and oxygen atoms in total. The van der Waals surface area contributed by atoms with Crippen LogP contribution >= 0.6 is 11.6 Å². The summed E-state index contributed by atoms with van der Waals surface area (Å²) in [6.45, 7) is 0. The molecule has 0 aromatic heterocycles. The van der Waals surface area contributed by atoms with Crippen molar-refractivity contribution in [2.45, 2.75) is 4.90 Å². The molecule has 1 aromatic carbocycles. The van der Waals surface area contributed by atoms with Gasteiger partial charge in [0, 0.05) is 5.02 Å². The van der Waals surface area contributed by atoms with Crippen molar-refractivity contribution in [1.82, 2.24) is 0 Å². The number of rotatable bonds is 0. The van der Waals surface area contributed by atoms with Crippen LogP contribution in [0.2, 0.25) is 5.02 Å². The molecular weight excluding hydrogens is 147 g/mol. The molecule has 9 heavy (non-hydrogen) atoms. The van der Waals surface area contributed by atoms with Crippen LogP contribution in [0.25, 0.3) is 0 Å². The van der Waals surface area contributed by atoms with Crippen LogP contribution in [0.5, 0.6) is 0 Å². The van der Waals surface area contributed by atoms with Gasteiger partial charge in [-0.05, 0) is 12.1 Å². The summed E-state index contributed by atoms with van der Waals surface area (Å²) in [7, 11) is 0. The minimum Gasteiger partial charge on any atom is -0.780 e. The molecule has 1 aromatic rings. The number of halogens is 1. The molecule has 0 unspecified atom stereocenters. The van der Waals surface area contributed by atoms with E-state index in [4.69, 9.17) is 24.2 Å². The summed E-state index contributed by atoms with van der Waals surface area (Å²) in [6, 6.07) is 7.17. The fraction of sp³-hybridized carbons (Fsp3) is 0. The first-order valence-corrected chi connectivity index (χ1v) is 3.00. The van der Waals surface area contributed by atoms with E-state index in [1.165, 1.54) is 0 Å². The summed E-state index contributed by atoms with van der Waals surface area (Å²) in [5, 5.41) is 0.735. The smallest absolute Gasteiger partial charge is 0.780 e. The second kappa shape index (κ2) is 4.19. The SMILES string of the molecule is [Li+].[S-]c1ccc(Cl)cc1. The Morgan fingerprint density at radius 2 is 1.56 bits per heavy atom. The van der Waals surface area contributed by atoms with E-state index < -0.39 is 0 Å². The summed E-state index contributed by atoms with van der Waals surface area (Å²) in [5.41, 5.74) is 0. The average Bonchev–Trinajstić information content (AvgIpc) is 1.77. The minimum atomic E-state index is 0. The predicted molar refractivity (Wildman–Crippen MR) is 37.1 cm³/mol. The molecule has 1 rings (SSSR count). The Morgan fingerprint density at radius 3 is 1.89 bits per heavy atom. The van der Waals surface area contributed by atoms with Crippen molar-refractivity contribution >= 4 is 24.2 Å². The molecule has 0 fully saturated rings. The first-order chi connectivity index (χ1) is 3.79. The maximum absolute atomic E-state index is 5.57. The molecular formula is C6H4ClLiS. The summed E-state index contributed by atoms with van der Waals surface area (Å²) >= 11 is 10.4. The van der Waals surface area contributed by atoms with E-state index in [1.807, 2.05) is 0 Å². The van der Waals surface area contributed by atoms with Gasteiger partial charge >= 0.3 is 18.9 Å². The second-order valence-electron chi connectivity index (χ2n) is 1.45. The Morgan fingerprint density at radius 1 is 1.11 bits per heavy atom. The molecule has 0 saturated carbocycles. The Kier molecular flexibility index (Phi) is 4.34. The van der Waals surface area contributed by atoms with Crippen LogP contribution in [0.15, 0.2) is 29.2 Å². The van der Waals surface area contributed by atoms with Crippen LogP contribution in [0, 0.1) is 0 Å². The van der Waals surface area contributed by atoms with Crippen molar-refractivity contribution in [3.63, 3.8) is 0 Å². The average molecular weight is 151 g/mol. The second-order valence-corrected chi connectivity index (χ2v) is 2.36. The molecule has 0 amide bonds. The minimum absolute atomic E-state index is 0. The first-order valence-electron chi connectivity index (χ1n) is 2.21. The van der Waals surface area contributed by atoms with Gasteiger partial charge in [0.2, 0.25) is 0 Å². The maximum atomic E-state index is 5.57. The van der Waals surface area contributed by atoms with Crippen molar-refractivity contribution in [2.75, 3.05) is 0 Å². The Labute approximate surface area is 77.2 Å². The van der Waals surface area contributed by atoms with E-state index in [0.29, 0.717) is 0 Å². The molecule has 0 N–H and O–H groups in total. The monoisotopic (exact) mass is 150 g/mol. The normalized spacial score (nSPS) is 8.11. The largest absolute Gasteiger partial charge is 1.00 e. The molecule has 0 bridgehead atoms. The third kappa shape index (κ3) is 3.13. The van der Waals surface area contributed by atoms with Gasteiger partial charge in [-0.1, -0.05) is 23.7 Å². The Balaban J connectivity index is 0.000000640. The third-order valence-electron chi connectivity index (χ3n) is 0.814. The van der Waals surface area contributed by atoms with Gasteiger partial charge < -0.3 is 12.6 Å². The van der Waals surface area contributed by atoms with Gasteiger partial charge in [-0.25, -0.2) is 0 Å². The van der Waals surface area contributed by atoms with Crippen LogP contribution in [0.4, 0.5) is 0 Å². The third-order valence-corrected chi connectivity index (χ3v) is 1.34. The van der Waals surface area contributed by atoms with Crippen LogP contribution in [-0.4, -0.2) is 0 Å². The zero-order valence-corrected chi connectivity index (χ0v) is 6.67. The zero-order chi connectivity index (χ0) is 5.98. The van der Waals surface area contributed by atoms with Gasteiger partial charge in [0.1, 0.15) is 0 Å². The van der Waals surface area contributed by atoms with Crippen molar-refractivity contribution in [3.8, 4) is 0 Å². The van der Waals surface area contributed by atoms with Crippen LogP contribution in [0.3, 0.4) is 0 Å². The van der Waals surface area contributed by atoms with Crippen LogP contribution in [0.1, 0.15) is 0 Å². The fourth-order valence-corrected chi connectivity index (χ4v) is 0.697. The van der Waals surface area contributed by atoms with Gasteiger partial charge in [0.05, 0.1) is 0 Å². The molecule has 0 aliphatic heterocycles. The number of benzene rings is 1. The van der Waals surface area contributed by atoms with Crippen LogP contribution in [-0.2, 0) is 12.6 Å². The summed E-state index contributed by atoms with van der Waals surface area (Å²) in [4.78, 5) is 0.828. The van der Waals surface area contributed by atoms with Gasteiger partial charge in [0.25, 0.3) is 0 Å². The van der Waals surface area contributed by atoms with E-state index in [0.717, 1.165) is 9.92 Å². The molecule has 3 heteroatoms. The zero-order valence-electron chi connectivity index (χ0n) is 5.10. The molecule has 0 heterocycles. The van der Waals surface area contributed by atoms with Gasteiger partial charge in [-0.2, -0.15) is 4.90 Å². The molecule has 0 radical (unpaired) electrons. The Bertz CT molecular complexity index is 152. The van der Waals surface area contributed by atoms with Gasteiger partial charge in [-0.15, -0.1) is 0 Å². The van der Waals surface area contributed by atoms with Gasteiger partial charge in [-0.3, -0.25) is 0 Å². The van der Waals surface area contributed by atoms with Crippen molar-refractivity contribution in [2.24, 2.45) is 0 Å². The number of hydrogen-bond donors (Lipinski definition) is 0. The Hall–Kier alpha value is 0.327. The first kappa shape index (κ1) is 9.33. The molecule has 0 saturated heterocycles. The molecule has 0 aliphatic rings. The van der Waals surface area contributed by atoms with E-state index in [2.05, 4.69) is 0 Å².